The molecule has 2 aliphatic rings. The van der Waals surface area contributed by atoms with Crippen molar-refractivity contribution in [1.82, 2.24) is 4.90 Å². The van der Waals surface area contributed by atoms with Crippen molar-refractivity contribution in [2.45, 2.75) is 44.6 Å². The van der Waals surface area contributed by atoms with Crippen LogP contribution in [0.25, 0.3) is 0 Å². The highest BCUT2D eigenvalue weighted by Crippen LogP contribution is 2.29. The SMILES string of the molecule is COc1ccc(CC2CCN(C(=O)[C@@H]3CCC[C@@H]3N)CC2)cc1. The summed E-state index contributed by atoms with van der Waals surface area (Å²) in [7, 11) is 1.69. The Labute approximate surface area is 139 Å². The Morgan fingerprint density at radius 3 is 2.43 bits per heavy atom. The molecule has 1 aromatic carbocycles. The molecule has 0 bridgehead atoms. The monoisotopic (exact) mass is 316 g/mol. The molecular weight excluding hydrogens is 288 g/mol. The third kappa shape index (κ3) is 3.86. The average Bonchev–Trinajstić information content (AvgIpc) is 3.02. The number of nitrogens with zero attached hydrogens (tertiary/aromatic N) is 1. The number of ether oxygens (including phenoxy) is 1. The van der Waals surface area contributed by atoms with Crippen LogP contribution in [0.3, 0.4) is 0 Å². The molecule has 126 valence electrons. The summed E-state index contributed by atoms with van der Waals surface area (Å²) in [6, 6.07) is 8.42. The van der Waals surface area contributed by atoms with Gasteiger partial charge in [0, 0.05) is 19.1 Å². The summed E-state index contributed by atoms with van der Waals surface area (Å²) in [4.78, 5) is 14.6. The van der Waals surface area contributed by atoms with Gasteiger partial charge >= 0.3 is 0 Å². The molecular formula is C19H28N2O2. The third-order valence-corrected chi connectivity index (χ3v) is 5.50. The van der Waals surface area contributed by atoms with Gasteiger partial charge in [-0.25, -0.2) is 0 Å². The molecule has 1 heterocycles. The minimum Gasteiger partial charge on any atom is -0.497 e. The van der Waals surface area contributed by atoms with Crippen molar-refractivity contribution >= 4 is 5.91 Å². The third-order valence-electron chi connectivity index (χ3n) is 5.50. The minimum atomic E-state index is 0.0770. The molecule has 23 heavy (non-hydrogen) atoms. The smallest absolute Gasteiger partial charge is 0.227 e. The first-order chi connectivity index (χ1) is 11.2. The fourth-order valence-corrected chi connectivity index (χ4v) is 3.98. The normalized spacial score (nSPS) is 25.6. The van der Waals surface area contributed by atoms with Crippen LogP contribution in [0.5, 0.6) is 5.75 Å². The molecule has 0 unspecified atom stereocenters. The number of carbonyl (C=O) groups is 1. The molecule has 1 saturated carbocycles. The van der Waals surface area contributed by atoms with Gasteiger partial charge in [-0.05, 0) is 55.7 Å². The second kappa shape index (κ2) is 7.35. The van der Waals surface area contributed by atoms with Gasteiger partial charge < -0.3 is 15.4 Å². The summed E-state index contributed by atoms with van der Waals surface area (Å²) < 4.78 is 5.20. The number of benzene rings is 1. The lowest BCUT2D eigenvalue weighted by atomic mass is 9.89. The Morgan fingerprint density at radius 1 is 1.17 bits per heavy atom. The molecule has 0 radical (unpaired) electrons. The highest BCUT2D eigenvalue weighted by molar-refractivity contribution is 5.80. The zero-order chi connectivity index (χ0) is 16.2. The lowest BCUT2D eigenvalue weighted by Crippen LogP contribution is -2.45. The van der Waals surface area contributed by atoms with E-state index in [-0.39, 0.29) is 12.0 Å². The molecule has 4 heteroatoms. The Balaban J connectivity index is 1.49. The van der Waals surface area contributed by atoms with Gasteiger partial charge in [-0.3, -0.25) is 4.79 Å². The quantitative estimate of drug-likeness (QED) is 0.929. The van der Waals surface area contributed by atoms with Crippen LogP contribution >= 0.6 is 0 Å². The van der Waals surface area contributed by atoms with Crippen LogP contribution in [0.15, 0.2) is 24.3 Å². The van der Waals surface area contributed by atoms with E-state index in [1.807, 2.05) is 12.1 Å². The van der Waals surface area contributed by atoms with E-state index in [1.54, 1.807) is 7.11 Å². The van der Waals surface area contributed by atoms with Gasteiger partial charge in [0.25, 0.3) is 0 Å². The van der Waals surface area contributed by atoms with Gasteiger partial charge in [0.05, 0.1) is 13.0 Å². The van der Waals surface area contributed by atoms with Crippen LogP contribution < -0.4 is 10.5 Å². The zero-order valence-corrected chi connectivity index (χ0v) is 14.0. The highest BCUT2D eigenvalue weighted by Gasteiger charge is 2.34. The van der Waals surface area contributed by atoms with Crippen molar-refractivity contribution in [3.63, 3.8) is 0 Å². The van der Waals surface area contributed by atoms with Gasteiger partial charge in [-0.15, -0.1) is 0 Å². The number of nitrogens with two attached hydrogens (primary N) is 1. The zero-order valence-electron chi connectivity index (χ0n) is 14.0. The first-order valence-electron chi connectivity index (χ1n) is 8.84. The number of methoxy groups -OCH3 is 1. The van der Waals surface area contributed by atoms with E-state index in [1.165, 1.54) is 5.56 Å². The predicted molar refractivity (Wildman–Crippen MR) is 91.3 cm³/mol. The Bertz CT molecular complexity index is 521. The van der Waals surface area contributed by atoms with E-state index in [2.05, 4.69) is 17.0 Å². The predicted octanol–water partition coefficient (Wildman–Crippen LogP) is 2.60. The highest BCUT2D eigenvalue weighted by atomic mass is 16.5. The molecule has 2 N–H and O–H groups in total. The molecule has 1 aromatic rings. The molecule has 2 atom stereocenters. The second-order valence-corrected chi connectivity index (χ2v) is 7.02. The summed E-state index contributed by atoms with van der Waals surface area (Å²) in [6.45, 7) is 1.78. The number of piperidine rings is 1. The molecule has 2 fully saturated rings. The number of hydrogen-bond donors (Lipinski definition) is 1. The van der Waals surface area contributed by atoms with Crippen molar-refractivity contribution < 1.29 is 9.53 Å². The first kappa shape index (κ1) is 16.3. The fourth-order valence-electron chi connectivity index (χ4n) is 3.98. The number of likely N-dealkylation sites (tertiary alicyclic amines) is 1. The van der Waals surface area contributed by atoms with Crippen LogP contribution in [0.1, 0.15) is 37.7 Å². The molecule has 1 amide bonds. The van der Waals surface area contributed by atoms with Crippen LogP contribution in [-0.2, 0) is 11.2 Å². The molecule has 1 aliphatic heterocycles. The molecule has 0 aromatic heterocycles. The lowest BCUT2D eigenvalue weighted by Gasteiger charge is -2.34. The summed E-state index contributed by atoms with van der Waals surface area (Å²) in [5, 5.41) is 0. The van der Waals surface area contributed by atoms with Crippen molar-refractivity contribution in [3.8, 4) is 5.75 Å². The van der Waals surface area contributed by atoms with Crippen molar-refractivity contribution in [3.05, 3.63) is 29.8 Å². The first-order valence-corrected chi connectivity index (χ1v) is 8.84. The molecule has 4 nitrogen and oxygen atoms in total. The van der Waals surface area contributed by atoms with Crippen LogP contribution in [0.4, 0.5) is 0 Å². The van der Waals surface area contributed by atoms with E-state index in [0.29, 0.717) is 11.8 Å². The van der Waals surface area contributed by atoms with Crippen LogP contribution in [-0.4, -0.2) is 37.0 Å². The lowest BCUT2D eigenvalue weighted by molar-refractivity contribution is -0.137. The number of hydrogen-bond acceptors (Lipinski definition) is 3. The summed E-state index contributed by atoms with van der Waals surface area (Å²) in [6.07, 6.45) is 6.37. The van der Waals surface area contributed by atoms with Crippen LogP contribution in [0, 0.1) is 11.8 Å². The molecule has 1 saturated heterocycles. The van der Waals surface area contributed by atoms with Crippen molar-refractivity contribution in [1.29, 1.82) is 0 Å². The van der Waals surface area contributed by atoms with E-state index >= 15 is 0 Å². The molecule has 1 aliphatic carbocycles. The van der Waals surface area contributed by atoms with Crippen molar-refractivity contribution in [2.24, 2.45) is 17.6 Å². The fraction of sp³-hybridized carbons (Fsp3) is 0.632. The maximum absolute atomic E-state index is 12.6. The number of carbonyl (C=O) groups excluding carboxylic acids is 1. The molecule has 0 spiro atoms. The van der Waals surface area contributed by atoms with E-state index in [9.17, 15) is 4.79 Å². The van der Waals surface area contributed by atoms with Gasteiger partial charge in [0.2, 0.25) is 5.91 Å². The average molecular weight is 316 g/mol. The minimum absolute atomic E-state index is 0.0770. The maximum Gasteiger partial charge on any atom is 0.227 e. The van der Waals surface area contributed by atoms with E-state index < -0.39 is 0 Å². The largest absolute Gasteiger partial charge is 0.497 e. The number of amides is 1. The number of rotatable bonds is 4. The van der Waals surface area contributed by atoms with E-state index in [4.69, 9.17) is 10.5 Å². The second-order valence-electron chi connectivity index (χ2n) is 7.02. The Kier molecular flexibility index (Phi) is 5.21. The molecule has 3 rings (SSSR count). The van der Waals surface area contributed by atoms with Gasteiger partial charge in [0.1, 0.15) is 5.75 Å². The summed E-state index contributed by atoms with van der Waals surface area (Å²) >= 11 is 0. The maximum atomic E-state index is 12.6. The summed E-state index contributed by atoms with van der Waals surface area (Å²) in [5.74, 6) is 1.96. The van der Waals surface area contributed by atoms with Gasteiger partial charge in [-0.1, -0.05) is 18.6 Å². The van der Waals surface area contributed by atoms with Gasteiger partial charge in [-0.2, -0.15) is 0 Å². The Hall–Kier alpha value is -1.55. The summed E-state index contributed by atoms with van der Waals surface area (Å²) in [5.41, 5.74) is 7.44. The van der Waals surface area contributed by atoms with Crippen LogP contribution in [0.2, 0.25) is 0 Å². The van der Waals surface area contributed by atoms with E-state index in [0.717, 1.165) is 57.4 Å². The van der Waals surface area contributed by atoms with Crippen molar-refractivity contribution in [2.75, 3.05) is 20.2 Å². The Morgan fingerprint density at radius 2 is 1.87 bits per heavy atom. The topological polar surface area (TPSA) is 55.6 Å². The standard InChI is InChI=1S/C19H28N2O2/c1-23-16-7-5-14(6-8-16)13-15-9-11-21(12-10-15)19(22)17-3-2-4-18(17)20/h5-8,15,17-18H,2-4,9-13,20H2,1H3/t17-,18+/m1/s1. The van der Waals surface area contributed by atoms with Gasteiger partial charge in [0.15, 0.2) is 0 Å².